The molecule has 5 heteroatoms. The molecule has 2 aromatic rings. The summed E-state index contributed by atoms with van der Waals surface area (Å²) in [6.07, 6.45) is 10.7. The van der Waals surface area contributed by atoms with E-state index < -0.39 is 12.1 Å². The number of aromatic carboxylic acids is 1. The first-order valence-electron chi connectivity index (χ1n) is 12.0. The van der Waals surface area contributed by atoms with Gasteiger partial charge >= 0.3 is 5.97 Å². The molecule has 0 spiro atoms. The fourth-order valence-corrected chi connectivity index (χ4v) is 5.11. The summed E-state index contributed by atoms with van der Waals surface area (Å²) in [5.41, 5.74) is 2.54. The molecule has 2 N–H and O–H groups in total. The summed E-state index contributed by atoms with van der Waals surface area (Å²) in [7, 11) is 0. The lowest BCUT2D eigenvalue weighted by molar-refractivity contribution is -0.128. The number of benzene rings is 2. The molecule has 33 heavy (non-hydrogen) atoms. The Hall–Kier alpha value is -2.92. The molecule has 0 aromatic heterocycles. The van der Waals surface area contributed by atoms with Crippen LogP contribution in [0.25, 0.3) is 0 Å². The molecular weight excluding hydrogens is 414 g/mol. The van der Waals surface area contributed by atoms with Crippen LogP contribution < -0.4 is 0 Å². The summed E-state index contributed by atoms with van der Waals surface area (Å²) in [4.78, 5) is 25.4. The van der Waals surface area contributed by atoms with Crippen LogP contribution in [0.4, 0.5) is 0 Å². The van der Waals surface area contributed by atoms with Crippen LogP contribution in [0.5, 0.6) is 0 Å². The number of carbonyl (C=O) groups is 2. The Morgan fingerprint density at radius 3 is 2.39 bits per heavy atom. The van der Waals surface area contributed by atoms with Crippen molar-refractivity contribution in [2.75, 3.05) is 6.54 Å². The zero-order chi connectivity index (χ0) is 23.3. The highest BCUT2D eigenvalue weighted by Crippen LogP contribution is 2.48. The summed E-state index contributed by atoms with van der Waals surface area (Å²) in [6, 6.07) is 17.3. The first kappa shape index (κ1) is 23.2. The molecule has 1 saturated heterocycles. The number of likely N-dealkylation sites (tertiary alicyclic amines) is 1. The maximum atomic E-state index is 12.5. The van der Waals surface area contributed by atoms with Gasteiger partial charge in [-0.3, -0.25) is 4.79 Å². The van der Waals surface area contributed by atoms with E-state index in [-0.39, 0.29) is 22.9 Å². The average Bonchev–Trinajstić information content (AvgIpc) is 3.15. The number of hydrogen-bond donors (Lipinski definition) is 2. The molecule has 2 aliphatic rings. The molecule has 174 valence electrons. The van der Waals surface area contributed by atoms with Crippen molar-refractivity contribution in [3.8, 4) is 0 Å². The molecule has 1 aliphatic heterocycles. The summed E-state index contributed by atoms with van der Waals surface area (Å²) >= 11 is 0. The van der Waals surface area contributed by atoms with E-state index in [2.05, 4.69) is 24.3 Å². The number of aliphatic hydroxyl groups excluding tert-OH is 1. The van der Waals surface area contributed by atoms with Crippen LogP contribution in [-0.2, 0) is 17.6 Å². The lowest BCUT2D eigenvalue weighted by atomic mass is 9.62. The lowest BCUT2D eigenvalue weighted by Crippen LogP contribution is -2.41. The fourth-order valence-electron chi connectivity index (χ4n) is 5.11. The normalized spacial score (nSPS) is 20.7. The van der Waals surface area contributed by atoms with Crippen molar-refractivity contribution < 1.29 is 19.8 Å². The van der Waals surface area contributed by atoms with Gasteiger partial charge in [0, 0.05) is 18.4 Å². The van der Waals surface area contributed by atoms with E-state index in [9.17, 15) is 14.7 Å². The van der Waals surface area contributed by atoms with Gasteiger partial charge < -0.3 is 15.1 Å². The van der Waals surface area contributed by atoms with Crippen LogP contribution in [0, 0.1) is 5.41 Å². The van der Waals surface area contributed by atoms with Gasteiger partial charge in [-0.05, 0) is 61.8 Å². The van der Waals surface area contributed by atoms with Gasteiger partial charge in [-0.15, -0.1) is 0 Å². The van der Waals surface area contributed by atoms with Crippen molar-refractivity contribution in [1.29, 1.82) is 0 Å². The van der Waals surface area contributed by atoms with Crippen LogP contribution in [-0.4, -0.2) is 45.7 Å². The van der Waals surface area contributed by atoms with E-state index in [1.54, 1.807) is 12.1 Å². The van der Waals surface area contributed by atoms with Crippen LogP contribution in [0.1, 0.15) is 60.0 Å². The minimum absolute atomic E-state index is 0.0108. The molecule has 1 saturated carbocycles. The summed E-state index contributed by atoms with van der Waals surface area (Å²) in [5, 5.41) is 20.1. The Bertz CT molecular complexity index is 979. The average molecular weight is 448 g/mol. The number of carbonyl (C=O) groups excluding carboxylic acids is 1. The van der Waals surface area contributed by atoms with Crippen molar-refractivity contribution in [2.45, 2.75) is 63.5 Å². The molecule has 1 heterocycles. The topological polar surface area (TPSA) is 77.8 Å². The van der Waals surface area contributed by atoms with Gasteiger partial charge in [-0.2, -0.15) is 0 Å². The Balaban J connectivity index is 1.34. The van der Waals surface area contributed by atoms with Crippen LogP contribution >= 0.6 is 0 Å². The van der Waals surface area contributed by atoms with E-state index >= 15 is 0 Å². The number of hydrogen-bond acceptors (Lipinski definition) is 3. The Morgan fingerprint density at radius 2 is 1.76 bits per heavy atom. The lowest BCUT2D eigenvalue weighted by Gasteiger charge is -2.45. The third-order valence-corrected chi connectivity index (χ3v) is 7.46. The van der Waals surface area contributed by atoms with Crippen molar-refractivity contribution in [1.82, 2.24) is 4.90 Å². The number of aryl methyl sites for hydroxylation is 1. The van der Waals surface area contributed by atoms with Crippen molar-refractivity contribution in [3.05, 3.63) is 83.4 Å². The smallest absolute Gasteiger partial charge is 0.335 e. The van der Waals surface area contributed by atoms with Gasteiger partial charge in [-0.1, -0.05) is 61.0 Å². The quantitative estimate of drug-likeness (QED) is 0.520. The largest absolute Gasteiger partial charge is 0.478 e. The zero-order valence-electron chi connectivity index (χ0n) is 19.0. The maximum absolute atomic E-state index is 12.5. The standard InChI is InChI=1S/C28H33NO4/c30-25(28(17-4-18-28)19-15-21-5-2-1-3-6-21)13-11-24-12-14-26(31)29(24)20-16-22-7-9-23(10-8-22)27(32)33/h1-3,5-11,13,24-25,30H,4,12,14-20H2,(H,32,33). The molecular formula is C28H33NO4. The second-order valence-electron chi connectivity index (χ2n) is 9.48. The van der Waals surface area contributed by atoms with E-state index in [4.69, 9.17) is 5.11 Å². The van der Waals surface area contributed by atoms with Gasteiger partial charge in [0.1, 0.15) is 0 Å². The number of carboxylic acids is 1. The first-order valence-corrected chi connectivity index (χ1v) is 12.0. The predicted octanol–water partition coefficient (Wildman–Crippen LogP) is 4.64. The number of rotatable bonds is 10. The molecule has 1 amide bonds. The van der Waals surface area contributed by atoms with Gasteiger partial charge in [0.2, 0.25) is 5.91 Å². The SMILES string of the molecule is O=C(O)c1ccc(CCN2C(=O)CCC2C=CC(O)C2(CCc3ccccc3)CCC2)cc1. The maximum Gasteiger partial charge on any atom is 0.335 e. The first-order chi connectivity index (χ1) is 16.0. The van der Waals surface area contributed by atoms with Crippen molar-refractivity contribution >= 4 is 11.9 Å². The minimum atomic E-state index is -0.937. The molecule has 2 fully saturated rings. The summed E-state index contributed by atoms with van der Waals surface area (Å²) in [5.74, 6) is -0.795. The molecule has 0 radical (unpaired) electrons. The number of carboxylic acid groups (broad SMARTS) is 1. The highest BCUT2D eigenvalue weighted by atomic mass is 16.4. The second-order valence-corrected chi connectivity index (χ2v) is 9.48. The van der Waals surface area contributed by atoms with Gasteiger partial charge in [0.15, 0.2) is 0 Å². The molecule has 4 rings (SSSR count). The Morgan fingerprint density at radius 1 is 1.06 bits per heavy atom. The number of aliphatic hydroxyl groups is 1. The highest BCUT2D eigenvalue weighted by molar-refractivity contribution is 5.87. The second kappa shape index (κ2) is 10.3. The van der Waals surface area contributed by atoms with Crippen LogP contribution in [0.3, 0.4) is 0 Å². The molecule has 2 unspecified atom stereocenters. The van der Waals surface area contributed by atoms with E-state index in [1.165, 1.54) is 5.56 Å². The minimum Gasteiger partial charge on any atom is -0.478 e. The van der Waals surface area contributed by atoms with Gasteiger partial charge in [0.25, 0.3) is 0 Å². The number of nitrogens with zero attached hydrogens (tertiary/aromatic N) is 1. The van der Waals surface area contributed by atoms with Crippen molar-refractivity contribution in [3.63, 3.8) is 0 Å². The zero-order valence-corrected chi connectivity index (χ0v) is 19.0. The van der Waals surface area contributed by atoms with E-state index in [0.29, 0.717) is 19.4 Å². The van der Waals surface area contributed by atoms with Crippen LogP contribution in [0.15, 0.2) is 66.7 Å². The summed E-state index contributed by atoms with van der Waals surface area (Å²) in [6.45, 7) is 0.593. The molecule has 1 aliphatic carbocycles. The van der Waals surface area contributed by atoms with Crippen LogP contribution in [0.2, 0.25) is 0 Å². The fraction of sp³-hybridized carbons (Fsp3) is 0.429. The third kappa shape index (κ3) is 5.53. The highest BCUT2D eigenvalue weighted by Gasteiger charge is 2.42. The summed E-state index contributed by atoms with van der Waals surface area (Å²) < 4.78 is 0. The third-order valence-electron chi connectivity index (χ3n) is 7.46. The predicted molar refractivity (Wildman–Crippen MR) is 128 cm³/mol. The Labute approximate surface area is 195 Å². The number of amides is 1. The molecule has 0 bridgehead atoms. The molecule has 2 atom stereocenters. The van der Waals surface area contributed by atoms with E-state index in [1.807, 2.05) is 35.3 Å². The van der Waals surface area contributed by atoms with Gasteiger partial charge in [-0.25, -0.2) is 4.79 Å². The van der Waals surface area contributed by atoms with Gasteiger partial charge in [0.05, 0.1) is 17.7 Å². The Kier molecular flexibility index (Phi) is 7.29. The monoisotopic (exact) mass is 447 g/mol. The van der Waals surface area contributed by atoms with E-state index in [0.717, 1.165) is 44.1 Å². The molecule has 5 nitrogen and oxygen atoms in total. The molecule has 2 aromatic carbocycles. The van der Waals surface area contributed by atoms with Crippen molar-refractivity contribution in [2.24, 2.45) is 5.41 Å².